The second kappa shape index (κ2) is 4.45. The van der Waals surface area contributed by atoms with Crippen molar-refractivity contribution in [3.63, 3.8) is 0 Å². The number of thiazole rings is 1. The highest BCUT2D eigenvalue weighted by Crippen LogP contribution is 2.29. The first-order valence-corrected chi connectivity index (χ1v) is 6.40. The summed E-state index contributed by atoms with van der Waals surface area (Å²) in [5, 5.41) is 3.99. The van der Waals surface area contributed by atoms with Crippen molar-refractivity contribution in [2.75, 3.05) is 11.1 Å². The lowest BCUT2D eigenvalue weighted by Gasteiger charge is -2.24. The fraction of sp³-hybridized carbons (Fsp3) is 0.333. The van der Waals surface area contributed by atoms with Crippen molar-refractivity contribution in [3.8, 4) is 0 Å². The summed E-state index contributed by atoms with van der Waals surface area (Å²) in [5.74, 6) is -0.335. The van der Waals surface area contributed by atoms with Crippen LogP contribution in [-0.4, -0.2) is 16.4 Å². The minimum atomic E-state index is -0.411. The van der Waals surface area contributed by atoms with Gasteiger partial charge >= 0.3 is 0 Å². The van der Waals surface area contributed by atoms with Crippen molar-refractivity contribution in [2.45, 2.75) is 25.8 Å². The highest BCUT2D eigenvalue weighted by molar-refractivity contribution is 7.22. The number of nitrogens with one attached hydrogen (secondary N) is 1. The third kappa shape index (κ3) is 2.89. The lowest BCUT2D eigenvalue weighted by molar-refractivity contribution is -0.118. The van der Waals surface area contributed by atoms with Crippen LogP contribution in [0.5, 0.6) is 0 Å². The molecule has 1 aromatic carbocycles. The van der Waals surface area contributed by atoms with Crippen molar-refractivity contribution in [1.29, 1.82) is 0 Å². The summed E-state index contributed by atoms with van der Waals surface area (Å²) in [6.07, 6.45) is 0.255. The van der Waals surface area contributed by atoms with Crippen LogP contribution < -0.4 is 16.8 Å². The Bertz CT molecular complexity index is 591. The van der Waals surface area contributed by atoms with Crippen molar-refractivity contribution in [1.82, 2.24) is 4.98 Å². The molecule has 0 aliphatic carbocycles. The van der Waals surface area contributed by atoms with E-state index in [1.54, 1.807) is 0 Å². The SMILES string of the molecule is CC(C)(CC(N)=O)Nc1nc2ccc(N)cc2s1. The predicted molar refractivity (Wildman–Crippen MR) is 75.5 cm³/mol. The number of anilines is 2. The molecule has 5 nitrogen and oxygen atoms in total. The summed E-state index contributed by atoms with van der Waals surface area (Å²) in [7, 11) is 0. The molecule has 0 fully saturated rings. The van der Waals surface area contributed by atoms with Crippen LogP contribution in [0.2, 0.25) is 0 Å². The molecule has 0 unspecified atom stereocenters. The third-order valence-corrected chi connectivity index (χ3v) is 3.41. The second-order valence-corrected chi connectivity index (χ2v) is 5.93. The Hall–Kier alpha value is -1.82. The van der Waals surface area contributed by atoms with Crippen molar-refractivity contribution in [3.05, 3.63) is 18.2 Å². The number of hydrogen-bond acceptors (Lipinski definition) is 5. The topological polar surface area (TPSA) is 94.0 Å². The molecular formula is C12H16N4OS. The highest BCUT2D eigenvalue weighted by atomic mass is 32.1. The molecule has 1 aromatic heterocycles. The van der Waals surface area contributed by atoms with Gasteiger partial charge in [0.15, 0.2) is 5.13 Å². The van der Waals surface area contributed by atoms with Crippen LogP contribution in [0.1, 0.15) is 20.3 Å². The van der Waals surface area contributed by atoms with E-state index >= 15 is 0 Å². The van der Waals surface area contributed by atoms with Gasteiger partial charge in [0.1, 0.15) is 0 Å². The number of nitrogens with zero attached hydrogens (tertiary/aromatic N) is 1. The summed E-state index contributed by atoms with van der Waals surface area (Å²) in [6, 6.07) is 5.59. The smallest absolute Gasteiger partial charge is 0.219 e. The molecular weight excluding hydrogens is 248 g/mol. The molecule has 0 atom stereocenters. The van der Waals surface area contributed by atoms with Gasteiger partial charge in [0.2, 0.25) is 5.91 Å². The first kappa shape index (κ1) is 12.6. The first-order valence-electron chi connectivity index (χ1n) is 5.58. The second-order valence-electron chi connectivity index (χ2n) is 4.90. The van der Waals surface area contributed by atoms with E-state index in [9.17, 15) is 4.79 Å². The minimum absolute atomic E-state index is 0.255. The fourth-order valence-electron chi connectivity index (χ4n) is 1.76. The van der Waals surface area contributed by atoms with Crippen molar-refractivity contribution in [2.24, 2.45) is 5.73 Å². The maximum absolute atomic E-state index is 11.0. The Labute approximate surface area is 109 Å². The van der Waals surface area contributed by atoms with Gasteiger partial charge in [0, 0.05) is 17.6 Å². The molecule has 0 saturated heterocycles. The van der Waals surface area contributed by atoms with Crippen LogP contribution in [0.25, 0.3) is 10.2 Å². The van der Waals surface area contributed by atoms with Crippen LogP contribution in [0.15, 0.2) is 18.2 Å². The number of aromatic nitrogens is 1. The molecule has 96 valence electrons. The molecule has 5 N–H and O–H groups in total. The van der Waals surface area contributed by atoms with E-state index in [2.05, 4.69) is 10.3 Å². The number of amides is 1. The maximum atomic E-state index is 11.0. The minimum Gasteiger partial charge on any atom is -0.399 e. The predicted octanol–water partition coefficient (Wildman–Crippen LogP) is 1.94. The molecule has 0 saturated carbocycles. The van der Waals surface area contributed by atoms with Crippen LogP contribution in [0.4, 0.5) is 10.8 Å². The van der Waals surface area contributed by atoms with Gasteiger partial charge in [0.25, 0.3) is 0 Å². The van der Waals surface area contributed by atoms with Crippen LogP contribution >= 0.6 is 11.3 Å². The summed E-state index contributed by atoms with van der Waals surface area (Å²) in [6.45, 7) is 3.83. The number of nitrogen functional groups attached to an aromatic ring is 1. The number of primary amides is 1. The number of benzene rings is 1. The van der Waals surface area contributed by atoms with Gasteiger partial charge in [-0.2, -0.15) is 0 Å². The number of rotatable bonds is 4. The molecule has 6 heteroatoms. The van der Waals surface area contributed by atoms with E-state index in [-0.39, 0.29) is 12.3 Å². The van der Waals surface area contributed by atoms with Gasteiger partial charge in [-0.25, -0.2) is 4.98 Å². The number of hydrogen-bond donors (Lipinski definition) is 3. The molecule has 1 heterocycles. The average Bonchev–Trinajstić information content (AvgIpc) is 2.55. The van der Waals surface area contributed by atoms with E-state index in [0.29, 0.717) is 5.69 Å². The summed E-state index contributed by atoms with van der Waals surface area (Å²) in [5.41, 5.74) is 12.1. The Balaban J connectivity index is 2.24. The van der Waals surface area contributed by atoms with E-state index in [4.69, 9.17) is 11.5 Å². The van der Waals surface area contributed by atoms with Gasteiger partial charge in [0.05, 0.1) is 10.2 Å². The third-order valence-electron chi connectivity index (χ3n) is 2.47. The Kier molecular flexibility index (Phi) is 3.13. The zero-order valence-electron chi connectivity index (χ0n) is 10.4. The zero-order valence-corrected chi connectivity index (χ0v) is 11.2. The molecule has 0 bridgehead atoms. The highest BCUT2D eigenvalue weighted by Gasteiger charge is 2.21. The molecule has 0 spiro atoms. The average molecular weight is 264 g/mol. The summed E-state index contributed by atoms with van der Waals surface area (Å²) < 4.78 is 1.02. The van der Waals surface area contributed by atoms with E-state index in [0.717, 1.165) is 15.3 Å². The van der Waals surface area contributed by atoms with E-state index in [1.165, 1.54) is 11.3 Å². The standard InChI is InChI=1S/C12H16N4OS/c1-12(2,6-10(14)17)16-11-15-8-4-3-7(13)5-9(8)18-11/h3-5H,6,13H2,1-2H3,(H2,14,17)(H,15,16). The molecule has 2 rings (SSSR count). The van der Waals surface area contributed by atoms with Gasteiger partial charge in [-0.1, -0.05) is 11.3 Å². The Morgan fingerprint density at radius 2 is 2.22 bits per heavy atom. The van der Waals surface area contributed by atoms with Gasteiger partial charge in [-0.3, -0.25) is 4.79 Å². The molecule has 18 heavy (non-hydrogen) atoms. The molecule has 2 aromatic rings. The number of fused-ring (bicyclic) bond motifs is 1. The first-order chi connectivity index (χ1) is 8.35. The van der Waals surface area contributed by atoms with Crippen molar-refractivity contribution >= 4 is 38.3 Å². The maximum Gasteiger partial charge on any atom is 0.219 e. The normalized spacial score (nSPS) is 11.7. The molecule has 0 aliphatic rings. The lowest BCUT2D eigenvalue weighted by atomic mass is 10.0. The summed E-state index contributed by atoms with van der Waals surface area (Å²) in [4.78, 5) is 15.4. The molecule has 1 amide bonds. The largest absolute Gasteiger partial charge is 0.399 e. The van der Waals surface area contributed by atoms with Crippen molar-refractivity contribution < 1.29 is 4.79 Å². The molecule has 0 aliphatic heterocycles. The van der Waals surface area contributed by atoms with Gasteiger partial charge in [-0.15, -0.1) is 0 Å². The molecule has 0 radical (unpaired) electrons. The lowest BCUT2D eigenvalue weighted by Crippen LogP contribution is -2.35. The van der Waals surface area contributed by atoms with Crippen LogP contribution in [0.3, 0.4) is 0 Å². The van der Waals surface area contributed by atoms with Crippen LogP contribution in [-0.2, 0) is 4.79 Å². The van der Waals surface area contributed by atoms with Gasteiger partial charge in [-0.05, 0) is 32.0 Å². The summed E-state index contributed by atoms with van der Waals surface area (Å²) >= 11 is 1.51. The monoisotopic (exact) mass is 264 g/mol. The quantitative estimate of drug-likeness (QED) is 0.736. The Morgan fingerprint density at radius 1 is 1.50 bits per heavy atom. The van der Waals surface area contributed by atoms with E-state index in [1.807, 2.05) is 32.0 Å². The number of nitrogens with two attached hydrogens (primary N) is 2. The zero-order chi connectivity index (χ0) is 13.3. The number of carbonyl (C=O) groups is 1. The van der Waals surface area contributed by atoms with E-state index < -0.39 is 5.54 Å². The fourth-order valence-corrected chi connectivity index (χ4v) is 2.86. The number of carbonyl (C=O) groups excluding carboxylic acids is 1. The van der Waals surface area contributed by atoms with Gasteiger partial charge < -0.3 is 16.8 Å². The Morgan fingerprint density at radius 3 is 2.89 bits per heavy atom. The van der Waals surface area contributed by atoms with Crippen LogP contribution in [0, 0.1) is 0 Å².